The van der Waals surface area contributed by atoms with Crippen LogP contribution in [0.15, 0.2) is 48.6 Å². The summed E-state index contributed by atoms with van der Waals surface area (Å²) < 4.78 is 16.2. The molecule has 0 radical (unpaired) electrons. The van der Waals surface area contributed by atoms with Crippen molar-refractivity contribution in [2.24, 2.45) is 0 Å². The zero-order chi connectivity index (χ0) is 25.5. The van der Waals surface area contributed by atoms with Gasteiger partial charge in [-0.1, -0.05) is 19.1 Å². The number of phenolic OH excluding ortho intramolecular Hbond substituents is 1. The van der Waals surface area contributed by atoms with Crippen LogP contribution in [0, 0.1) is 0 Å². The molecule has 9 heteroatoms. The number of methoxy groups -OCH3 is 2. The van der Waals surface area contributed by atoms with Crippen LogP contribution in [0.3, 0.4) is 0 Å². The van der Waals surface area contributed by atoms with Gasteiger partial charge in [0.15, 0.2) is 23.0 Å². The average Bonchev–Trinajstić information content (AvgIpc) is 2.85. The van der Waals surface area contributed by atoms with Gasteiger partial charge in [-0.2, -0.15) is 0 Å². The number of imide groups is 2. The van der Waals surface area contributed by atoms with Crippen molar-refractivity contribution in [3.05, 3.63) is 65.3 Å². The molecule has 2 N–H and O–H groups in total. The van der Waals surface area contributed by atoms with Crippen molar-refractivity contribution in [1.29, 1.82) is 0 Å². The molecule has 184 valence electrons. The Labute approximate surface area is 203 Å². The molecule has 0 saturated carbocycles. The van der Waals surface area contributed by atoms with Crippen LogP contribution in [0.5, 0.6) is 23.0 Å². The minimum atomic E-state index is -0.821. The first kappa shape index (κ1) is 25.4. The third-order valence-electron chi connectivity index (χ3n) is 5.29. The highest BCUT2D eigenvalue weighted by Gasteiger charge is 2.36. The summed E-state index contributed by atoms with van der Waals surface area (Å²) in [4.78, 5) is 39.1. The summed E-state index contributed by atoms with van der Waals surface area (Å²) >= 11 is 0. The zero-order valence-electron chi connectivity index (χ0n) is 19.9. The highest BCUT2D eigenvalue weighted by Crippen LogP contribution is 2.33. The Balaban J connectivity index is 1.92. The largest absolute Gasteiger partial charge is 0.504 e. The molecule has 1 aliphatic heterocycles. The summed E-state index contributed by atoms with van der Waals surface area (Å²) in [6.45, 7) is 6.09. The Kier molecular flexibility index (Phi) is 8.14. The lowest BCUT2D eigenvalue weighted by atomic mass is 10.0. The number of rotatable bonds is 10. The number of hydrogen-bond donors (Lipinski definition) is 2. The fourth-order valence-electron chi connectivity index (χ4n) is 3.57. The van der Waals surface area contributed by atoms with Gasteiger partial charge in [0.05, 0.1) is 27.4 Å². The highest BCUT2D eigenvalue weighted by atomic mass is 16.5. The van der Waals surface area contributed by atoms with Crippen LogP contribution < -0.4 is 19.5 Å². The summed E-state index contributed by atoms with van der Waals surface area (Å²) in [5.74, 6) is -0.398. The Morgan fingerprint density at radius 3 is 2.46 bits per heavy atom. The van der Waals surface area contributed by atoms with Crippen molar-refractivity contribution < 1.29 is 33.7 Å². The maximum Gasteiger partial charge on any atom is 0.331 e. The molecule has 1 aliphatic rings. The average molecular weight is 481 g/mol. The van der Waals surface area contributed by atoms with Gasteiger partial charge in [0.1, 0.15) is 5.57 Å². The molecule has 0 bridgehead atoms. The number of nitrogens with one attached hydrogen (secondary N) is 1. The van der Waals surface area contributed by atoms with Gasteiger partial charge in [0.2, 0.25) is 0 Å². The molecule has 0 aromatic heterocycles. The molecule has 2 aromatic carbocycles. The predicted molar refractivity (Wildman–Crippen MR) is 129 cm³/mol. The lowest BCUT2D eigenvalue weighted by Crippen LogP contribution is -2.53. The maximum absolute atomic E-state index is 13.2. The van der Waals surface area contributed by atoms with E-state index in [1.807, 2.05) is 6.92 Å². The third kappa shape index (κ3) is 5.63. The van der Waals surface area contributed by atoms with E-state index >= 15 is 0 Å². The second-order valence-corrected chi connectivity index (χ2v) is 7.77. The second-order valence-electron chi connectivity index (χ2n) is 7.77. The number of aromatic hydroxyl groups is 1. The molecule has 0 unspecified atom stereocenters. The molecule has 1 fully saturated rings. The maximum atomic E-state index is 13.2. The summed E-state index contributed by atoms with van der Waals surface area (Å²) in [5.41, 5.74) is 1.35. The van der Waals surface area contributed by atoms with Gasteiger partial charge in [-0.25, -0.2) is 4.79 Å². The van der Waals surface area contributed by atoms with Gasteiger partial charge in [0.25, 0.3) is 11.8 Å². The minimum Gasteiger partial charge on any atom is -0.504 e. The van der Waals surface area contributed by atoms with Gasteiger partial charge in [-0.3, -0.25) is 19.8 Å². The first-order valence-electron chi connectivity index (χ1n) is 11.0. The predicted octanol–water partition coefficient (Wildman–Crippen LogP) is 3.59. The van der Waals surface area contributed by atoms with E-state index in [0.29, 0.717) is 41.2 Å². The van der Waals surface area contributed by atoms with Crippen LogP contribution in [-0.4, -0.2) is 48.7 Å². The molecule has 4 amide bonds. The number of urea groups is 1. The molecule has 0 aliphatic carbocycles. The second kappa shape index (κ2) is 11.2. The quantitative estimate of drug-likeness (QED) is 0.303. The molecule has 1 heterocycles. The van der Waals surface area contributed by atoms with Gasteiger partial charge in [-0.05, 0) is 54.3 Å². The summed E-state index contributed by atoms with van der Waals surface area (Å²) in [5, 5.41) is 12.5. The minimum absolute atomic E-state index is 0.0499. The van der Waals surface area contributed by atoms with Gasteiger partial charge >= 0.3 is 6.03 Å². The third-order valence-corrected chi connectivity index (χ3v) is 5.29. The summed E-state index contributed by atoms with van der Waals surface area (Å²) in [6.07, 6.45) is 4.15. The van der Waals surface area contributed by atoms with Gasteiger partial charge in [0, 0.05) is 5.56 Å². The van der Waals surface area contributed by atoms with E-state index in [0.717, 1.165) is 11.3 Å². The van der Waals surface area contributed by atoms with Crippen LogP contribution >= 0.6 is 0 Å². The molecule has 9 nitrogen and oxygen atoms in total. The standard InChI is InChI=1S/C26H28N2O7/c1-5-7-18-11-17(14-22(34-4)23(18)29)12-19-24(30)27-26(32)28(25(19)31)15-16-8-9-20(35-10-6-2)21(13-16)33-3/h5,8-9,11-14,29H,1,6-7,10,15H2,2-4H3,(H,27,30,32)/b19-12+. The van der Waals surface area contributed by atoms with Crippen LogP contribution in [0.1, 0.15) is 30.0 Å². The first-order valence-corrected chi connectivity index (χ1v) is 11.0. The number of allylic oxidation sites excluding steroid dienone is 1. The van der Waals surface area contributed by atoms with Crippen molar-refractivity contribution in [3.8, 4) is 23.0 Å². The molecular formula is C26H28N2O7. The topological polar surface area (TPSA) is 114 Å². The molecule has 3 rings (SSSR count). The number of hydrogen-bond acceptors (Lipinski definition) is 7. The van der Waals surface area contributed by atoms with E-state index in [1.54, 1.807) is 30.3 Å². The number of barbiturate groups is 1. The number of benzene rings is 2. The lowest BCUT2D eigenvalue weighted by molar-refractivity contribution is -0.130. The smallest absolute Gasteiger partial charge is 0.331 e. The number of carbonyl (C=O) groups is 3. The molecule has 1 saturated heterocycles. The SMILES string of the molecule is C=CCc1cc(/C=C2\C(=O)NC(=O)N(Cc3ccc(OCCC)c(OC)c3)C2=O)cc(OC)c1O. The fourth-order valence-corrected chi connectivity index (χ4v) is 3.57. The normalized spacial score (nSPS) is 14.7. The van der Waals surface area contributed by atoms with Crippen molar-refractivity contribution in [1.82, 2.24) is 10.2 Å². The molecule has 2 aromatic rings. The Bertz CT molecular complexity index is 1190. The number of carbonyl (C=O) groups excluding carboxylic acids is 3. The highest BCUT2D eigenvalue weighted by molar-refractivity contribution is 6.31. The van der Waals surface area contributed by atoms with Gasteiger partial charge < -0.3 is 19.3 Å². The first-order chi connectivity index (χ1) is 16.8. The van der Waals surface area contributed by atoms with Gasteiger partial charge in [-0.15, -0.1) is 6.58 Å². The lowest BCUT2D eigenvalue weighted by Gasteiger charge is -2.26. The fraction of sp³-hybridized carbons (Fsp3) is 0.269. The van der Waals surface area contributed by atoms with Crippen molar-refractivity contribution >= 4 is 23.9 Å². The molecule has 0 spiro atoms. The molecule has 0 atom stereocenters. The van der Waals surface area contributed by atoms with E-state index in [-0.39, 0.29) is 23.6 Å². The Hall–Kier alpha value is -4.27. The zero-order valence-corrected chi connectivity index (χ0v) is 19.9. The van der Waals surface area contributed by atoms with E-state index in [2.05, 4.69) is 11.9 Å². The van der Waals surface area contributed by atoms with E-state index in [1.165, 1.54) is 26.4 Å². The van der Waals surface area contributed by atoms with Crippen LogP contribution in [0.2, 0.25) is 0 Å². The van der Waals surface area contributed by atoms with E-state index in [4.69, 9.17) is 14.2 Å². The summed E-state index contributed by atoms with van der Waals surface area (Å²) in [6, 6.07) is 7.40. The summed E-state index contributed by atoms with van der Waals surface area (Å²) in [7, 11) is 2.90. The number of amides is 4. The van der Waals surface area contributed by atoms with E-state index in [9.17, 15) is 19.5 Å². The van der Waals surface area contributed by atoms with Crippen molar-refractivity contribution in [2.75, 3.05) is 20.8 Å². The Morgan fingerprint density at radius 1 is 1.06 bits per heavy atom. The Morgan fingerprint density at radius 2 is 1.80 bits per heavy atom. The molecule has 35 heavy (non-hydrogen) atoms. The van der Waals surface area contributed by atoms with E-state index < -0.39 is 17.8 Å². The van der Waals surface area contributed by atoms with Crippen molar-refractivity contribution in [2.45, 2.75) is 26.3 Å². The van der Waals surface area contributed by atoms with Crippen LogP contribution in [0.25, 0.3) is 6.08 Å². The van der Waals surface area contributed by atoms with Crippen LogP contribution in [-0.2, 0) is 22.6 Å². The number of phenols is 1. The monoisotopic (exact) mass is 480 g/mol. The molecular weight excluding hydrogens is 452 g/mol. The van der Waals surface area contributed by atoms with Crippen molar-refractivity contribution in [3.63, 3.8) is 0 Å². The number of ether oxygens (including phenoxy) is 3. The van der Waals surface area contributed by atoms with Crippen LogP contribution in [0.4, 0.5) is 4.79 Å². The number of nitrogens with zero attached hydrogens (tertiary/aromatic N) is 1.